The Labute approximate surface area is 85.5 Å². The summed E-state index contributed by atoms with van der Waals surface area (Å²) in [6, 6.07) is 0.616. The summed E-state index contributed by atoms with van der Waals surface area (Å²) in [5, 5.41) is 3.58. The molecule has 0 saturated carbocycles. The summed E-state index contributed by atoms with van der Waals surface area (Å²) in [4.78, 5) is 4.37. The summed E-state index contributed by atoms with van der Waals surface area (Å²) in [6.45, 7) is 3.50. The number of nitrogens with zero attached hydrogens (tertiary/aromatic N) is 2. The molecule has 78 valence electrons. The van der Waals surface area contributed by atoms with Crippen LogP contribution in [0.3, 0.4) is 0 Å². The van der Waals surface area contributed by atoms with Crippen LogP contribution in [0, 0.1) is 5.92 Å². The van der Waals surface area contributed by atoms with E-state index in [1.807, 2.05) is 12.4 Å². The minimum Gasteiger partial charge on any atom is -0.338 e. The maximum absolute atomic E-state index is 4.37. The van der Waals surface area contributed by atoms with Crippen LogP contribution in [0.1, 0.15) is 25.6 Å². The quantitative estimate of drug-likeness (QED) is 0.768. The summed E-state index contributed by atoms with van der Waals surface area (Å²) >= 11 is 0. The van der Waals surface area contributed by atoms with Crippen molar-refractivity contribution in [2.24, 2.45) is 13.0 Å². The zero-order valence-electron chi connectivity index (χ0n) is 9.03. The molecule has 1 N–H and O–H groups in total. The maximum atomic E-state index is 4.37. The summed E-state index contributed by atoms with van der Waals surface area (Å²) in [5.41, 5.74) is 0. The molecule has 2 heterocycles. The third kappa shape index (κ3) is 1.98. The minimum absolute atomic E-state index is 0.616. The molecule has 1 fully saturated rings. The fraction of sp³-hybridized carbons (Fsp3) is 0.727. The second-order valence-corrected chi connectivity index (χ2v) is 4.34. The van der Waals surface area contributed by atoms with E-state index >= 15 is 0 Å². The first-order chi connectivity index (χ1) is 6.77. The number of hydrogen-bond donors (Lipinski definition) is 1. The second kappa shape index (κ2) is 4.13. The molecule has 2 unspecified atom stereocenters. The van der Waals surface area contributed by atoms with Gasteiger partial charge < -0.3 is 9.88 Å². The smallest absolute Gasteiger partial charge is 0.109 e. The lowest BCUT2D eigenvalue weighted by Gasteiger charge is -2.29. The Hall–Kier alpha value is -0.830. The Balaban J connectivity index is 1.99. The van der Waals surface area contributed by atoms with Gasteiger partial charge in [-0.15, -0.1) is 0 Å². The van der Waals surface area contributed by atoms with Gasteiger partial charge in [0, 0.05) is 31.9 Å². The van der Waals surface area contributed by atoms with Crippen LogP contribution in [0.15, 0.2) is 12.4 Å². The van der Waals surface area contributed by atoms with E-state index < -0.39 is 0 Å². The zero-order valence-corrected chi connectivity index (χ0v) is 9.03. The van der Waals surface area contributed by atoms with Gasteiger partial charge in [0.25, 0.3) is 0 Å². The van der Waals surface area contributed by atoms with Gasteiger partial charge >= 0.3 is 0 Å². The van der Waals surface area contributed by atoms with E-state index in [0.717, 1.165) is 12.3 Å². The molecule has 3 heteroatoms. The number of rotatable bonds is 2. The third-order valence-electron chi connectivity index (χ3n) is 3.25. The van der Waals surface area contributed by atoms with Gasteiger partial charge in [-0.1, -0.05) is 6.92 Å². The molecule has 0 bridgehead atoms. The molecule has 1 aliphatic rings. The van der Waals surface area contributed by atoms with Gasteiger partial charge in [-0.3, -0.25) is 0 Å². The first-order valence-electron chi connectivity index (χ1n) is 5.47. The molecule has 1 saturated heterocycles. The first-order valence-corrected chi connectivity index (χ1v) is 5.47. The van der Waals surface area contributed by atoms with Crippen LogP contribution in [0.4, 0.5) is 0 Å². The van der Waals surface area contributed by atoms with Crippen LogP contribution in [0.2, 0.25) is 0 Å². The number of aryl methyl sites for hydroxylation is 1. The van der Waals surface area contributed by atoms with Crippen LogP contribution in [-0.4, -0.2) is 22.1 Å². The molecule has 0 amide bonds. The van der Waals surface area contributed by atoms with Gasteiger partial charge in [-0.25, -0.2) is 4.98 Å². The number of piperidine rings is 1. The van der Waals surface area contributed by atoms with Gasteiger partial charge in [0.1, 0.15) is 5.82 Å². The Bertz CT molecular complexity index is 292. The standard InChI is InChI=1S/C11H19N3/c1-9-4-3-5-12-10(9)8-11-13-6-7-14(11)2/h6-7,9-10,12H,3-5,8H2,1-2H3. The average Bonchev–Trinajstić information content (AvgIpc) is 2.56. The van der Waals surface area contributed by atoms with E-state index in [2.05, 4.69) is 28.8 Å². The van der Waals surface area contributed by atoms with Gasteiger partial charge in [0.2, 0.25) is 0 Å². The second-order valence-electron chi connectivity index (χ2n) is 4.34. The van der Waals surface area contributed by atoms with Gasteiger partial charge in [-0.2, -0.15) is 0 Å². The highest BCUT2D eigenvalue weighted by atomic mass is 15.0. The van der Waals surface area contributed by atoms with Crippen molar-refractivity contribution in [3.8, 4) is 0 Å². The summed E-state index contributed by atoms with van der Waals surface area (Å²) in [6.07, 6.45) is 7.62. The van der Waals surface area contributed by atoms with Crippen LogP contribution in [0.25, 0.3) is 0 Å². The fourth-order valence-corrected chi connectivity index (χ4v) is 2.18. The van der Waals surface area contributed by atoms with Gasteiger partial charge in [0.15, 0.2) is 0 Å². The van der Waals surface area contributed by atoms with Crippen LogP contribution >= 0.6 is 0 Å². The van der Waals surface area contributed by atoms with Crippen molar-refractivity contribution in [2.75, 3.05) is 6.54 Å². The molecule has 0 radical (unpaired) electrons. The normalized spacial score (nSPS) is 27.9. The zero-order chi connectivity index (χ0) is 9.97. The molecule has 3 nitrogen and oxygen atoms in total. The van der Waals surface area contributed by atoms with Gasteiger partial charge in [0.05, 0.1) is 0 Å². The average molecular weight is 193 g/mol. The van der Waals surface area contributed by atoms with E-state index in [9.17, 15) is 0 Å². The van der Waals surface area contributed by atoms with Crippen molar-refractivity contribution < 1.29 is 0 Å². The predicted octanol–water partition coefficient (Wildman–Crippen LogP) is 1.35. The Morgan fingerprint density at radius 3 is 3.14 bits per heavy atom. The summed E-state index contributed by atoms with van der Waals surface area (Å²) in [5.74, 6) is 1.97. The molecule has 1 aromatic heterocycles. The lowest BCUT2D eigenvalue weighted by atomic mass is 9.90. The van der Waals surface area contributed by atoms with Crippen molar-refractivity contribution in [2.45, 2.75) is 32.2 Å². The Kier molecular flexibility index (Phi) is 2.87. The molecule has 1 aromatic rings. The monoisotopic (exact) mass is 193 g/mol. The van der Waals surface area contributed by atoms with Crippen molar-refractivity contribution in [1.82, 2.24) is 14.9 Å². The highest BCUT2D eigenvalue weighted by Gasteiger charge is 2.21. The Morgan fingerprint density at radius 1 is 1.64 bits per heavy atom. The molecule has 1 aliphatic heterocycles. The van der Waals surface area contributed by atoms with E-state index in [4.69, 9.17) is 0 Å². The van der Waals surface area contributed by atoms with Crippen molar-refractivity contribution >= 4 is 0 Å². The van der Waals surface area contributed by atoms with E-state index in [1.165, 1.54) is 25.2 Å². The molecule has 2 rings (SSSR count). The molecule has 2 atom stereocenters. The molecular formula is C11H19N3. The highest BCUT2D eigenvalue weighted by molar-refractivity contribution is 4.96. The molecule has 0 spiro atoms. The number of nitrogens with one attached hydrogen (secondary N) is 1. The lowest BCUT2D eigenvalue weighted by molar-refractivity contribution is 0.294. The Morgan fingerprint density at radius 2 is 2.50 bits per heavy atom. The van der Waals surface area contributed by atoms with E-state index in [1.54, 1.807) is 0 Å². The fourth-order valence-electron chi connectivity index (χ4n) is 2.18. The van der Waals surface area contributed by atoms with Crippen LogP contribution < -0.4 is 5.32 Å². The van der Waals surface area contributed by atoms with E-state index in [0.29, 0.717) is 6.04 Å². The maximum Gasteiger partial charge on any atom is 0.109 e. The number of aromatic nitrogens is 2. The topological polar surface area (TPSA) is 29.9 Å². The van der Waals surface area contributed by atoms with Crippen LogP contribution in [-0.2, 0) is 13.5 Å². The molecule has 0 aliphatic carbocycles. The van der Waals surface area contributed by atoms with Crippen LogP contribution in [0.5, 0.6) is 0 Å². The summed E-state index contributed by atoms with van der Waals surface area (Å²) in [7, 11) is 2.07. The SMILES string of the molecule is CC1CCCNC1Cc1nccn1C. The third-order valence-corrected chi connectivity index (χ3v) is 3.25. The minimum atomic E-state index is 0.616. The van der Waals surface area contributed by atoms with Crippen molar-refractivity contribution in [3.63, 3.8) is 0 Å². The predicted molar refractivity (Wildman–Crippen MR) is 57.1 cm³/mol. The number of imidazole rings is 1. The molecule has 14 heavy (non-hydrogen) atoms. The highest BCUT2D eigenvalue weighted by Crippen LogP contribution is 2.18. The molecular weight excluding hydrogens is 174 g/mol. The van der Waals surface area contributed by atoms with Crippen molar-refractivity contribution in [1.29, 1.82) is 0 Å². The summed E-state index contributed by atoms with van der Waals surface area (Å²) < 4.78 is 2.11. The lowest BCUT2D eigenvalue weighted by Crippen LogP contribution is -2.42. The molecule has 0 aromatic carbocycles. The van der Waals surface area contributed by atoms with Gasteiger partial charge in [-0.05, 0) is 25.3 Å². The first kappa shape index (κ1) is 9.71. The van der Waals surface area contributed by atoms with Crippen molar-refractivity contribution in [3.05, 3.63) is 18.2 Å². The van der Waals surface area contributed by atoms with E-state index in [-0.39, 0.29) is 0 Å². The largest absolute Gasteiger partial charge is 0.338 e. The number of hydrogen-bond acceptors (Lipinski definition) is 2.